The first kappa shape index (κ1) is 28.5. The number of hydrogen-bond donors (Lipinski definition) is 0. The number of nitrogens with zero attached hydrogens (tertiary/aromatic N) is 2. The fraction of sp³-hybridized carbons (Fsp3) is 0.556. The molecule has 2 heterocycles. The van der Waals surface area contributed by atoms with Gasteiger partial charge in [-0.1, -0.05) is 50.2 Å². The second-order valence-electron chi connectivity index (χ2n) is 13.8. The molecule has 1 saturated heterocycles. The Balaban J connectivity index is 1.35. The molecule has 0 aromatic heterocycles. The molecule has 1 spiro atoms. The van der Waals surface area contributed by atoms with Gasteiger partial charge in [0.25, 0.3) is 0 Å². The molecule has 0 radical (unpaired) electrons. The lowest BCUT2D eigenvalue weighted by Gasteiger charge is -2.65. The van der Waals surface area contributed by atoms with Crippen molar-refractivity contribution in [2.24, 2.45) is 11.8 Å². The number of piperidine rings is 1. The number of benzene rings is 2. The van der Waals surface area contributed by atoms with Gasteiger partial charge < -0.3 is 19.1 Å². The van der Waals surface area contributed by atoms with Crippen LogP contribution in [0.5, 0.6) is 11.5 Å². The van der Waals surface area contributed by atoms with Crippen LogP contribution in [0.25, 0.3) is 6.08 Å². The molecule has 3 aliphatic carbocycles. The van der Waals surface area contributed by atoms with Crippen LogP contribution in [-0.2, 0) is 26.2 Å². The van der Waals surface area contributed by atoms with E-state index in [1.165, 1.54) is 18.4 Å². The lowest BCUT2D eigenvalue weighted by atomic mass is 9.48. The Morgan fingerprint density at radius 1 is 1.12 bits per heavy atom. The number of likely N-dealkylation sites (tertiary alicyclic amines) is 1. The summed E-state index contributed by atoms with van der Waals surface area (Å²) in [6.45, 7) is 8.47. The largest absolute Gasteiger partial charge is 0.493 e. The normalized spacial score (nSPS) is 30.6. The van der Waals surface area contributed by atoms with Gasteiger partial charge in [0.15, 0.2) is 11.5 Å². The maximum atomic E-state index is 14.1. The zero-order chi connectivity index (χ0) is 29.9. The first-order valence-corrected chi connectivity index (χ1v) is 16.1. The first-order valence-electron chi connectivity index (χ1n) is 16.1. The van der Waals surface area contributed by atoms with Gasteiger partial charge in [-0.05, 0) is 80.2 Å². The van der Waals surface area contributed by atoms with Crippen molar-refractivity contribution in [3.05, 3.63) is 65.2 Å². The predicted molar refractivity (Wildman–Crippen MR) is 165 cm³/mol. The van der Waals surface area contributed by atoms with Gasteiger partial charge >= 0.3 is 5.97 Å². The van der Waals surface area contributed by atoms with Gasteiger partial charge in [-0.25, -0.2) is 0 Å². The van der Waals surface area contributed by atoms with Crippen LogP contribution in [0.4, 0.5) is 0 Å². The summed E-state index contributed by atoms with van der Waals surface area (Å²) in [7, 11) is 1.69. The summed E-state index contributed by atoms with van der Waals surface area (Å²) < 4.78 is 19.6. The van der Waals surface area contributed by atoms with Crippen LogP contribution < -0.4 is 9.47 Å². The molecule has 1 amide bonds. The summed E-state index contributed by atoms with van der Waals surface area (Å²) >= 11 is 0. The minimum absolute atomic E-state index is 0.00999. The number of ether oxygens (including phenoxy) is 3. The fourth-order valence-electron chi connectivity index (χ4n) is 8.97. The number of hydrogen-bond acceptors (Lipinski definition) is 6. The summed E-state index contributed by atoms with van der Waals surface area (Å²) in [5.74, 6) is 2.25. The van der Waals surface area contributed by atoms with Crippen LogP contribution in [0, 0.1) is 11.8 Å². The number of carbonyl (C=O) groups excluding carboxylic acids is 2. The van der Waals surface area contributed by atoms with Crippen molar-refractivity contribution in [1.82, 2.24) is 9.80 Å². The monoisotopic (exact) mass is 584 g/mol. The number of carbonyl (C=O) groups is 2. The van der Waals surface area contributed by atoms with E-state index < -0.39 is 11.0 Å². The van der Waals surface area contributed by atoms with E-state index in [0.717, 1.165) is 48.7 Å². The van der Waals surface area contributed by atoms with Gasteiger partial charge in [0.1, 0.15) is 11.7 Å². The highest BCUT2D eigenvalue weighted by atomic mass is 16.6. The van der Waals surface area contributed by atoms with Crippen LogP contribution in [0.15, 0.2) is 48.5 Å². The Morgan fingerprint density at radius 3 is 2.60 bits per heavy atom. The van der Waals surface area contributed by atoms with Crippen LogP contribution in [-0.4, -0.2) is 72.2 Å². The molecule has 2 bridgehead atoms. The van der Waals surface area contributed by atoms with Crippen LogP contribution in [0.3, 0.4) is 0 Å². The smallest absolute Gasteiger partial charge is 0.303 e. The third kappa shape index (κ3) is 4.49. The topological polar surface area (TPSA) is 68.3 Å². The minimum Gasteiger partial charge on any atom is -0.493 e. The molecular formula is C36H44N2O5. The summed E-state index contributed by atoms with van der Waals surface area (Å²) in [5.41, 5.74) is 2.14. The second-order valence-corrected chi connectivity index (χ2v) is 13.8. The molecule has 2 unspecified atom stereocenters. The van der Waals surface area contributed by atoms with Gasteiger partial charge in [0.05, 0.1) is 24.6 Å². The van der Waals surface area contributed by atoms with Gasteiger partial charge in [-0.2, -0.15) is 0 Å². The molecule has 3 fully saturated rings. The van der Waals surface area contributed by atoms with Crippen molar-refractivity contribution in [3.8, 4) is 11.5 Å². The number of amides is 1. The Labute approximate surface area is 255 Å². The average Bonchev–Trinajstić information content (AvgIpc) is 3.73. The van der Waals surface area contributed by atoms with Crippen LogP contribution in [0.2, 0.25) is 0 Å². The molecular weight excluding hydrogens is 540 g/mol. The Kier molecular flexibility index (Phi) is 7.07. The fourth-order valence-corrected chi connectivity index (χ4v) is 8.97. The maximum Gasteiger partial charge on any atom is 0.303 e. The van der Waals surface area contributed by atoms with E-state index >= 15 is 0 Å². The Morgan fingerprint density at radius 2 is 1.91 bits per heavy atom. The van der Waals surface area contributed by atoms with E-state index in [0.29, 0.717) is 25.1 Å². The van der Waals surface area contributed by atoms with Crippen molar-refractivity contribution in [2.75, 3.05) is 26.7 Å². The molecule has 7 nitrogen and oxygen atoms in total. The van der Waals surface area contributed by atoms with Crippen molar-refractivity contribution in [1.29, 1.82) is 0 Å². The number of rotatable bonds is 9. The second kappa shape index (κ2) is 10.7. The van der Waals surface area contributed by atoms with E-state index in [1.807, 2.05) is 47.4 Å². The van der Waals surface area contributed by atoms with Crippen molar-refractivity contribution in [3.63, 3.8) is 0 Å². The maximum absolute atomic E-state index is 14.1. The van der Waals surface area contributed by atoms with E-state index in [-0.39, 0.29) is 36.0 Å². The standard InChI is InChI=1S/C36H44N2O5/c1-23(2)21-38(31(40)15-12-25-8-6-5-7-9-25)28-16-17-36(43-24(3)39)30-20-27-13-14-29(41-4)33-32(27)35(36,34(28)42-33)18-19-37(30)22-26-10-11-26/h5-9,12-15,23,26,28,30,34H,10-11,16-22H2,1-4H3/b15-12+/t28?,30-,34?,35+,36-/m1/s1. The highest BCUT2D eigenvalue weighted by Crippen LogP contribution is 2.67. The molecule has 2 saturated carbocycles. The van der Waals surface area contributed by atoms with Crippen LogP contribution in [0.1, 0.15) is 69.6 Å². The van der Waals surface area contributed by atoms with E-state index in [9.17, 15) is 9.59 Å². The zero-order valence-electron chi connectivity index (χ0n) is 25.9. The molecule has 2 aromatic carbocycles. The third-order valence-corrected chi connectivity index (χ3v) is 10.7. The van der Waals surface area contributed by atoms with Gasteiger partial charge in [0, 0.05) is 31.7 Å². The van der Waals surface area contributed by atoms with Crippen LogP contribution >= 0.6 is 0 Å². The summed E-state index contributed by atoms with van der Waals surface area (Å²) in [6, 6.07) is 14.1. The SMILES string of the molecule is COc1ccc2c3c1OC1C(N(CC(C)C)C(=O)/C=C/c4ccccc4)CC[C@@]4(OC(C)=O)[C@@H](C2)N(CC2CC2)CC[C@]314. The molecule has 2 aliphatic heterocycles. The molecule has 5 aliphatic rings. The van der Waals surface area contributed by atoms with Gasteiger partial charge in [0.2, 0.25) is 5.91 Å². The Bertz CT molecular complexity index is 1430. The molecule has 43 heavy (non-hydrogen) atoms. The average molecular weight is 585 g/mol. The molecule has 5 atom stereocenters. The van der Waals surface area contributed by atoms with Crippen molar-refractivity contribution < 1.29 is 23.8 Å². The van der Waals surface area contributed by atoms with Crippen molar-refractivity contribution in [2.45, 2.75) is 88.5 Å². The van der Waals surface area contributed by atoms with Gasteiger partial charge in [-0.15, -0.1) is 0 Å². The third-order valence-electron chi connectivity index (χ3n) is 10.7. The molecule has 0 N–H and O–H groups in total. The number of methoxy groups -OCH3 is 1. The molecule has 7 rings (SSSR count). The molecule has 2 aromatic rings. The van der Waals surface area contributed by atoms with Gasteiger partial charge in [-0.3, -0.25) is 14.5 Å². The highest BCUT2D eigenvalue weighted by molar-refractivity contribution is 5.92. The molecule has 228 valence electrons. The van der Waals surface area contributed by atoms with E-state index in [2.05, 4.69) is 24.8 Å². The highest BCUT2D eigenvalue weighted by Gasteiger charge is 2.75. The lowest BCUT2D eigenvalue weighted by Crippen LogP contribution is -2.79. The number of esters is 1. The first-order chi connectivity index (χ1) is 20.8. The minimum atomic E-state index is -0.718. The molecule has 7 heteroatoms. The zero-order valence-corrected chi connectivity index (χ0v) is 25.9. The summed E-state index contributed by atoms with van der Waals surface area (Å²) in [5, 5.41) is 0. The lowest BCUT2D eigenvalue weighted by molar-refractivity contribution is -0.224. The van der Waals surface area contributed by atoms with E-state index in [1.54, 1.807) is 20.1 Å². The Hall–Kier alpha value is -3.32. The quantitative estimate of drug-likeness (QED) is 0.291. The predicted octanol–water partition coefficient (Wildman–Crippen LogP) is 5.40. The summed E-state index contributed by atoms with van der Waals surface area (Å²) in [4.78, 5) is 31.7. The van der Waals surface area contributed by atoms with E-state index in [4.69, 9.17) is 14.2 Å². The van der Waals surface area contributed by atoms with Crippen molar-refractivity contribution >= 4 is 18.0 Å². The summed E-state index contributed by atoms with van der Waals surface area (Å²) in [6.07, 6.45) is 8.87.